The number of carbonyl (C=O) groups is 1. The Kier molecular flexibility index (Phi) is 7.49. The highest BCUT2D eigenvalue weighted by Gasteiger charge is 2.15. The molecule has 9 heteroatoms. The minimum atomic E-state index is -3.72. The van der Waals surface area contributed by atoms with Gasteiger partial charge in [-0.1, -0.05) is 35.1 Å². The molecule has 1 heterocycles. The number of amides is 1. The molecule has 0 radical (unpaired) electrons. The highest BCUT2D eigenvalue weighted by molar-refractivity contribution is 7.92. The van der Waals surface area contributed by atoms with E-state index in [1.165, 1.54) is 11.3 Å². The molecule has 0 unspecified atom stereocenters. The molecule has 1 N–H and O–H groups in total. The molecule has 0 aliphatic carbocycles. The number of carbonyl (C=O) groups excluding carboxylic acids is 1. The summed E-state index contributed by atoms with van der Waals surface area (Å²) in [4.78, 5) is 18.1. The Morgan fingerprint density at radius 1 is 1.00 bits per heavy atom. The molecule has 0 atom stereocenters. The molecule has 0 aliphatic rings. The fraction of sp³-hybridized carbons (Fsp3) is 0.231. The Morgan fingerprint density at radius 3 is 2.37 bits per heavy atom. The van der Waals surface area contributed by atoms with E-state index in [9.17, 15) is 13.2 Å². The maximum atomic E-state index is 12.9. The number of sulfonamides is 1. The summed E-state index contributed by atoms with van der Waals surface area (Å²) in [5.74, 6) is -0.397. The maximum Gasteiger partial charge on any atom is 0.279 e. The fourth-order valence-corrected chi connectivity index (χ4v) is 5.76. The van der Waals surface area contributed by atoms with Gasteiger partial charge in [-0.25, -0.2) is 8.42 Å². The second-order valence-corrected chi connectivity index (χ2v) is 10.8. The molecule has 0 fully saturated rings. The van der Waals surface area contributed by atoms with Gasteiger partial charge in [0, 0.05) is 24.4 Å². The van der Waals surface area contributed by atoms with Crippen LogP contribution >= 0.6 is 11.3 Å². The summed E-state index contributed by atoms with van der Waals surface area (Å²) in [6.45, 7) is 7.59. The summed E-state index contributed by atoms with van der Waals surface area (Å²) in [5.41, 5.74) is 3.85. The van der Waals surface area contributed by atoms with Crippen molar-refractivity contribution in [1.29, 1.82) is 0 Å². The summed E-state index contributed by atoms with van der Waals surface area (Å²) >= 11 is 1.46. The Balaban J connectivity index is 1.58. The first-order valence-electron chi connectivity index (χ1n) is 11.2. The molecule has 0 saturated heterocycles. The lowest BCUT2D eigenvalue weighted by Crippen LogP contribution is -2.19. The van der Waals surface area contributed by atoms with E-state index in [0.29, 0.717) is 35.8 Å². The predicted octanol–water partition coefficient (Wildman–Crippen LogP) is 4.90. The van der Waals surface area contributed by atoms with Crippen LogP contribution in [0.1, 0.15) is 28.4 Å². The van der Waals surface area contributed by atoms with Crippen LogP contribution in [0.3, 0.4) is 0 Å². The third-order valence-electron chi connectivity index (χ3n) is 5.41. The maximum absolute atomic E-state index is 12.9. The smallest absolute Gasteiger partial charge is 0.279 e. The monoisotopic (exact) mass is 509 g/mol. The normalized spacial score (nSPS) is 12.3. The van der Waals surface area contributed by atoms with Crippen LogP contribution in [0.2, 0.25) is 0 Å². The number of benzene rings is 3. The number of nitrogens with zero attached hydrogens (tertiary/aromatic N) is 2. The van der Waals surface area contributed by atoms with Gasteiger partial charge in [-0.15, -0.1) is 0 Å². The fourth-order valence-electron chi connectivity index (χ4n) is 3.55. The first kappa shape index (κ1) is 24.8. The molecule has 7 nitrogen and oxygen atoms in total. The average molecular weight is 510 g/mol. The Labute approximate surface area is 208 Å². The predicted molar refractivity (Wildman–Crippen MR) is 139 cm³/mol. The summed E-state index contributed by atoms with van der Waals surface area (Å²) in [6.07, 6.45) is 0. The van der Waals surface area contributed by atoms with E-state index >= 15 is 0 Å². The van der Waals surface area contributed by atoms with E-state index in [0.717, 1.165) is 21.3 Å². The van der Waals surface area contributed by atoms with E-state index in [-0.39, 0.29) is 4.90 Å². The van der Waals surface area contributed by atoms with Crippen LogP contribution in [-0.2, 0) is 21.3 Å². The van der Waals surface area contributed by atoms with Crippen LogP contribution in [0.25, 0.3) is 10.2 Å². The molecular weight excluding hydrogens is 482 g/mol. The van der Waals surface area contributed by atoms with Gasteiger partial charge in [-0.3, -0.25) is 9.52 Å². The van der Waals surface area contributed by atoms with E-state index < -0.39 is 15.9 Å². The van der Waals surface area contributed by atoms with Crippen LogP contribution < -0.4 is 9.52 Å². The van der Waals surface area contributed by atoms with Gasteiger partial charge in [0.15, 0.2) is 4.80 Å². The molecule has 4 aromatic rings. The van der Waals surface area contributed by atoms with Gasteiger partial charge >= 0.3 is 0 Å². The third-order valence-corrected chi connectivity index (χ3v) is 7.85. The van der Waals surface area contributed by atoms with E-state index in [1.54, 1.807) is 48.5 Å². The quantitative estimate of drug-likeness (QED) is 0.342. The van der Waals surface area contributed by atoms with Gasteiger partial charge in [0.05, 0.1) is 21.7 Å². The topological polar surface area (TPSA) is 89.8 Å². The van der Waals surface area contributed by atoms with E-state index in [4.69, 9.17) is 4.74 Å². The molecule has 0 saturated carbocycles. The third kappa shape index (κ3) is 5.87. The van der Waals surface area contributed by atoms with Crippen LogP contribution in [0.4, 0.5) is 5.69 Å². The highest BCUT2D eigenvalue weighted by atomic mass is 32.2. The summed E-state index contributed by atoms with van der Waals surface area (Å²) < 4.78 is 36.3. The number of hydrogen-bond donors (Lipinski definition) is 1. The average Bonchev–Trinajstić information content (AvgIpc) is 3.15. The molecular formula is C26H27N3O4S2. The van der Waals surface area contributed by atoms with Gasteiger partial charge in [0.1, 0.15) is 0 Å². The zero-order valence-electron chi connectivity index (χ0n) is 19.8. The molecule has 0 bridgehead atoms. The van der Waals surface area contributed by atoms with Crippen LogP contribution in [-0.4, -0.2) is 32.1 Å². The minimum Gasteiger partial charge on any atom is -0.380 e. The lowest BCUT2D eigenvalue weighted by Gasteiger charge is -2.08. The van der Waals surface area contributed by atoms with E-state index in [2.05, 4.69) is 15.8 Å². The second kappa shape index (κ2) is 10.6. The molecule has 35 heavy (non-hydrogen) atoms. The number of fused-ring (bicyclic) bond motifs is 1. The van der Waals surface area contributed by atoms with Crippen molar-refractivity contribution in [2.75, 3.05) is 17.9 Å². The number of thiazole rings is 1. The molecule has 1 aromatic heterocycles. The standard InChI is InChI=1S/C26H27N3O4S2/c1-4-33-16-15-29-23-14-7-19(3)17-24(23)34-26(29)27-25(30)20-8-10-21(11-9-20)28-35(31,32)22-12-5-18(2)6-13-22/h5-14,17,28H,4,15-16H2,1-3H3. The van der Waals surface area contributed by atoms with Gasteiger partial charge < -0.3 is 9.30 Å². The van der Waals surface area contributed by atoms with Crippen molar-refractivity contribution in [3.8, 4) is 0 Å². The lowest BCUT2D eigenvalue weighted by molar-refractivity contribution is 0.0996. The SMILES string of the molecule is CCOCCn1c(=NC(=O)c2ccc(NS(=O)(=O)c3ccc(C)cc3)cc2)sc2cc(C)ccc21. The van der Waals surface area contributed by atoms with Gasteiger partial charge in [0.2, 0.25) is 0 Å². The zero-order valence-corrected chi connectivity index (χ0v) is 21.4. The summed E-state index contributed by atoms with van der Waals surface area (Å²) in [6, 6.07) is 19.0. The number of rotatable bonds is 8. The number of hydrogen-bond acceptors (Lipinski definition) is 5. The molecule has 3 aromatic carbocycles. The van der Waals surface area contributed by atoms with Gasteiger partial charge in [-0.05, 0) is 74.9 Å². The van der Waals surface area contributed by atoms with Crippen LogP contribution in [0.5, 0.6) is 0 Å². The molecule has 0 spiro atoms. The van der Waals surface area contributed by atoms with Crippen molar-refractivity contribution in [1.82, 2.24) is 4.57 Å². The van der Waals surface area contributed by atoms with Crippen molar-refractivity contribution in [2.24, 2.45) is 4.99 Å². The largest absolute Gasteiger partial charge is 0.380 e. The van der Waals surface area contributed by atoms with Crippen molar-refractivity contribution < 1.29 is 17.9 Å². The summed E-state index contributed by atoms with van der Waals surface area (Å²) in [7, 11) is -3.72. The van der Waals surface area contributed by atoms with E-state index in [1.807, 2.05) is 37.5 Å². The highest BCUT2D eigenvalue weighted by Crippen LogP contribution is 2.20. The Bertz CT molecular complexity index is 1520. The number of ether oxygens (including phenoxy) is 1. The molecule has 1 amide bonds. The molecule has 0 aliphatic heterocycles. The van der Waals surface area contributed by atoms with Gasteiger partial charge in [-0.2, -0.15) is 4.99 Å². The Morgan fingerprint density at radius 2 is 1.69 bits per heavy atom. The van der Waals surface area contributed by atoms with Crippen molar-refractivity contribution in [2.45, 2.75) is 32.2 Å². The Hall–Kier alpha value is -3.27. The summed E-state index contributed by atoms with van der Waals surface area (Å²) in [5, 5.41) is 0. The number of anilines is 1. The van der Waals surface area contributed by atoms with Crippen molar-refractivity contribution in [3.63, 3.8) is 0 Å². The number of aromatic nitrogens is 1. The molecule has 182 valence electrons. The van der Waals surface area contributed by atoms with Crippen LogP contribution in [0.15, 0.2) is 76.6 Å². The van der Waals surface area contributed by atoms with Crippen molar-refractivity contribution >= 4 is 43.2 Å². The number of aryl methyl sites for hydroxylation is 2. The lowest BCUT2D eigenvalue weighted by atomic mass is 10.2. The first-order valence-corrected chi connectivity index (χ1v) is 13.5. The first-order chi connectivity index (χ1) is 16.8. The zero-order chi connectivity index (χ0) is 25.0. The van der Waals surface area contributed by atoms with Gasteiger partial charge in [0.25, 0.3) is 15.9 Å². The van der Waals surface area contributed by atoms with Crippen molar-refractivity contribution in [3.05, 3.63) is 88.2 Å². The second-order valence-electron chi connectivity index (χ2n) is 8.12. The number of nitrogens with one attached hydrogen (secondary N) is 1. The van der Waals surface area contributed by atoms with Crippen LogP contribution in [0, 0.1) is 13.8 Å². The minimum absolute atomic E-state index is 0.176. The molecule has 4 rings (SSSR count).